The second-order valence-corrected chi connectivity index (χ2v) is 2.69. The minimum absolute atomic E-state index is 0.253. The van der Waals surface area contributed by atoms with Crippen molar-refractivity contribution in [2.45, 2.75) is 6.92 Å². The Morgan fingerprint density at radius 1 is 1.50 bits per heavy atom. The second kappa shape index (κ2) is 2.14. The number of amides is 1. The van der Waals surface area contributed by atoms with Crippen LogP contribution in [0.3, 0.4) is 0 Å². The van der Waals surface area contributed by atoms with Crippen LogP contribution in [0.25, 0.3) is 0 Å². The number of carbonyl (C=O) groups excluding carboxylic acids is 1. The molecular weight excluding hydrogens is 154 g/mol. The molecule has 4 heteroatoms. The molecule has 0 radical (unpaired) electrons. The number of aliphatic imine (C=N–C) groups is 2. The molecule has 2 heterocycles. The van der Waals surface area contributed by atoms with E-state index >= 15 is 0 Å². The normalized spacial score (nSPS) is 20.9. The van der Waals surface area contributed by atoms with Crippen molar-refractivity contribution in [1.29, 1.82) is 0 Å². The van der Waals surface area contributed by atoms with Gasteiger partial charge >= 0.3 is 0 Å². The highest BCUT2D eigenvalue weighted by Gasteiger charge is 2.24. The number of hydrogen-bond donors (Lipinski definition) is 1. The van der Waals surface area contributed by atoms with Crippen molar-refractivity contribution in [2.75, 3.05) is 0 Å². The molecule has 0 aromatic heterocycles. The van der Waals surface area contributed by atoms with E-state index in [1.165, 1.54) is 0 Å². The van der Waals surface area contributed by atoms with Crippen LogP contribution in [0.4, 0.5) is 0 Å². The molecule has 0 aromatic carbocycles. The van der Waals surface area contributed by atoms with Crippen LogP contribution in [0.15, 0.2) is 33.4 Å². The Morgan fingerprint density at radius 2 is 2.25 bits per heavy atom. The first kappa shape index (κ1) is 6.97. The third-order valence-electron chi connectivity index (χ3n) is 1.79. The Morgan fingerprint density at radius 3 is 3.00 bits per heavy atom. The zero-order valence-corrected chi connectivity index (χ0v) is 6.53. The summed E-state index contributed by atoms with van der Waals surface area (Å²) in [5, 5.41) is 0. The average molecular weight is 161 g/mol. The SMILES string of the molecule is CC1=CN=C2C(=O)N=C(N)C=C12. The van der Waals surface area contributed by atoms with E-state index in [0.29, 0.717) is 5.71 Å². The lowest BCUT2D eigenvalue weighted by atomic mass is 10.0. The van der Waals surface area contributed by atoms with E-state index in [1.54, 1.807) is 12.3 Å². The maximum Gasteiger partial charge on any atom is 0.298 e. The third-order valence-corrected chi connectivity index (χ3v) is 1.79. The number of nitrogens with zero attached hydrogens (tertiary/aromatic N) is 2. The van der Waals surface area contributed by atoms with E-state index < -0.39 is 0 Å². The van der Waals surface area contributed by atoms with Gasteiger partial charge in [0.1, 0.15) is 11.5 Å². The van der Waals surface area contributed by atoms with Gasteiger partial charge in [0.25, 0.3) is 5.91 Å². The molecule has 2 aliphatic heterocycles. The van der Waals surface area contributed by atoms with Gasteiger partial charge in [0.15, 0.2) is 0 Å². The maximum atomic E-state index is 11.2. The first-order valence-corrected chi connectivity index (χ1v) is 3.54. The van der Waals surface area contributed by atoms with Gasteiger partial charge in [-0.25, -0.2) is 0 Å². The van der Waals surface area contributed by atoms with Crippen molar-refractivity contribution in [3.63, 3.8) is 0 Å². The molecule has 0 fully saturated rings. The van der Waals surface area contributed by atoms with Crippen LogP contribution in [0.2, 0.25) is 0 Å². The molecule has 2 rings (SSSR count). The van der Waals surface area contributed by atoms with Gasteiger partial charge in [0.2, 0.25) is 0 Å². The Labute approximate surface area is 69.2 Å². The molecule has 1 amide bonds. The van der Waals surface area contributed by atoms with Crippen molar-refractivity contribution < 1.29 is 4.79 Å². The van der Waals surface area contributed by atoms with Crippen LogP contribution < -0.4 is 5.73 Å². The lowest BCUT2D eigenvalue weighted by Gasteiger charge is -2.06. The number of allylic oxidation sites excluding steroid dienone is 1. The number of dihydropyridines is 1. The first-order chi connectivity index (χ1) is 5.68. The largest absolute Gasteiger partial charge is 0.384 e. The number of amidine groups is 1. The molecule has 0 bridgehead atoms. The van der Waals surface area contributed by atoms with Crippen LogP contribution in [0, 0.1) is 0 Å². The van der Waals surface area contributed by atoms with Crippen LogP contribution in [-0.2, 0) is 4.79 Å². The van der Waals surface area contributed by atoms with Gasteiger partial charge in [-0.15, -0.1) is 0 Å². The number of hydrogen-bond acceptors (Lipinski definition) is 3. The molecule has 12 heavy (non-hydrogen) atoms. The fourth-order valence-corrected chi connectivity index (χ4v) is 1.19. The lowest BCUT2D eigenvalue weighted by Crippen LogP contribution is -2.24. The summed E-state index contributed by atoms with van der Waals surface area (Å²) in [6, 6.07) is 0. The van der Waals surface area contributed by atoms with Gasteiger partial charge in [-0.05, 0) is 18.6 Å². The van der Waals surface area contributed by atoms with Crippen molar-refractivity contribution in [3.05, 3.63) is 23.4 Å². The second-order valence-electron chi connectivity index (χ2n) is 2.69. The summed E-state index contributed by atoms with van der Waals surface area (Å²) in [6.07, 6.45) is 3.31. The molecule has 0 saturated carbocycles. The van der Waals surface area contributed by atoms with Crippen molar-refractivity contribution in [3.8, 4) is 0 Å². The maximum absolute atomic E-state index is 11.2. The van der Waals surface area contributed by atoms with Gasteiger partial charge in [-0.1, -0.05) is 0 Å². The van der Waals surface area contributed by atoms with Crippen LogP contribution in [0.1, 0.15) is 6.92 Å². The van der Waals surface area contributed by atoms with Crippen LogP contribution in [0.5, 0.6) is 0 Å². The summed E-state index contributed by atoms with van der Waals surface area (Å²) >= 11 is 0. The molecule has 0 atom stereocenters. The minimum Gasteiger partial charge on any atom is -0.384 e. The quantitative estimate of drug-likeness (QED) is 0.550. The molecule has 0 spiro atoms. The Balaban J connectivity index is 2.55. The molecule has 0 aliphatic carbocycles. The summed E-state index contributed by atoms with van der Waals surface area (Å²) in [4.78, 5) is 18.7. The zero-order chi connectivity index (χ0) is 8.72. The predicted octanol–water partition coefficient (Wildman–Crippen LogP) is 0.169. The number of nitrogens with two attached hydrogens (primary N) is 1. The van der Waals surface area contributed by atoms with Crippen molar-refractivity contribution in [2.24, 2.45) is 15.7 Å². The monoisotopic (exact) mass is 161 g/mol. The first-order valence-electron chi connectivity index (χ1n) is 3.54. The van der Waals surface area contributed by atoms with Gasteiger partial charge < -0.3 is 5.73 Å². The average Bonchev–Trinajstić information content (AvgIpc) is 2.33. The summed E-state index contributed by atoms with van der Waals surface area (Å²) in [6.45, 7) is 1.88. The van der Waals surface area contributed by atoms with Crippen LogP contribution >= 0.6 is 0 Å². The van der Waals surface area contributed by atoms with Gasteiger partial charge in [0, 0.05) is 11.8 Å². The topological polar surface area (TPSA) is 67.8 Å². The Hall–Kier alpha value is -1.71. The lowest BCUT2D eigenvalue weighted by molar-refractivity contribution is -0.111. The Kier molecular flexibility index (Phi) is 1.24. The van der Waals surface area contributed by atoms with Crippen LogP contribution in [-0.4, -0.2) is 17.5 Å². The number of carbonyl (C=O) groups is 1. The minimum atomic E-state index is -0.349. The fourth-order valence-electron chi connectivity index (χ4n) is 1.19. The van der Waals surface area contributed by atoms with E-state index in [-0.39, 0.29) is 11.7 Å². The van der Waals surface area contributed by atoms with Gasteiger partial charge in [0.05, 0.1) is 0 Å². The summed E-state index contributed by atoms with van der Waals surface area (Å²) < 4.78 is 0. The molecule has 60 valence electrons. The fraction of sp³-hybridized carbons (Fsp3) is 0.125. The van der Waals surface area contributed by atoms with E-state index in [2.05, 4.69) is 9.98 Å². The van der Waals surface area contributed by atoms with Crippen molar-refractivity contribution in [1.82, 2.24) is 0 Å². The standard InChI is InChI=1S/C8H7N3O/c1-4-3-10-7-5(4)2-6(9)11-8(7)12/h2-3H,1H3,(H2,9,11,12). The molecule has 2 aliphatic rings. The predicted molar refractivity (Wildman–Crippen MR) is 45.9 cm³/mol. The van der Waals surface area contributed by atoms with Crippen molar-refractivity contribution >= 4 is 17.5 Å². The number of rotatable bonds is 0. The van der Waals surface area contributed by atoms with Gasteiger partial charge in [-0.3, -0.25) is 9.79 Å². The molecule has 4 nitrogen and oxygen atoms in total. The van der Waals surface area contributed by atoms with E-state index in [1.807, 2.05) is 6.92 Å². The van der Waals surface area contributed by atoms with E-state index in [0.717, 1.165) is 11.1 Å². The number of fused-ring (bicyclic) bond motifs is 1. The highest BCUT2D eigenvalue weighted by atomic mass is 16.1. The molecular formula is C8H7N3O. The van der Waals surface area contributed by atoms with E-state index in [9.17, 15) is 4.79 Å². The molecule has 0 unspecified atom stereocenters. The smallest absolute Gasteiger partial charge is 0.298 e. The summed E-state index contributed by atoms with van der Waals surface area (Å²) in [5.74, 6) is -0.0956. The Bertz CT molecular complexity index is 385. The highest BCUT2D eigenvalue weighted by Crippen LogP contribution is 2.21. The molecule has 0 aromatic rings. The highest BCUT2D eigenvalue weighted by molar-refractivity contribution is 6.51. The summed E-state index contributed by atoms with van der Waals surface area (Å²) in [5.41, 5.74) is 7.57. The zero-order valence-electron chi connectivity index (χ0n) is 6.53. The molecule has 2 N–H and O–H groups in total. The summed E-state index contributed by atoms with van der Waals surface area (Å²) in [7, 11) is 0. The van der Waals surface area contributed by atoms with Gasteiger partial charge in [-0.2, -0.15) is 4.99 Å². The van der Waals surface area contributed by atoms with E-state index in [4.69, 9.17) is 5.73 Å². The third kappa shape index (κ3) is 0.812. The molecule has 0 saturated heterocycles.